The summed E-state index contributed by atoms with van der Waals surface area (Å²) in [6, 6.07) is 7.30. The normalized spacial score (nSPS) is 15.9. The molecule has 5 heteroatoms. The van der Waals surface area contributed by atoms with Crippen molar-refractivity contribution in [3.05, 3.63) is 53.9 Å². The number of aromatic nitrogens is 2. The number of rotatable bonds is 1. The minimum absolute atomic E-state index is 0.370. The largest absolute Gasteiger partial charge is 0.416 e. The van der Waals surface area contributed by atoms with E-state index in [1.54, 1.807) is 6.07 Å². The predicted octanol–water partition coefficient (Wildman–Crippen LogP) is 4.30. The SMILES string of the molecule is FC(F)(F)C1=CCCC(c2cnc3ccccc3n2)=C1. The molecule has 1 aromatic carbocycles. The molecular weight excluding hydrogens is 265 g/mol. The Bertz CT molecular complexity index is 714. The molecule has 1 aliphatic rings. The van der Waals surface area contributed by atoms with Gasteiger partial charge in [-0.2, -0.15) is 13.2 Å². The van der Waals surface area contributed by atoms with Crippen LogP contribution in [0.25, 0.3) is 16.6 Å². The second-order valence-electron chi connectivity index (χ2n) is 4.61. The van der Waals surface area contributed by atoms with E-state index in [-0.39, 0.29) is 0 Å². The highest BCUT2D eigenvalue weighted by Gasteiger charge is 2.33. The summed E-state index contributed by atoms with van der Waals surface area (Å²) < 4.78 is 38.2. The van der Waals surface area contributed by atoms with E-state index < -0.39 is 11.7 Å². The molecule has 0 radical (unpaired) electrons. The standard InChI is InChI=1S/C15H11F3N2/c16-15(17,18)11-5-3-4-10(8-11)14-9-19-12-6-1-2-7-13(12)20-14/h1-2,5-9H,3-4H2. The van der Waals surface area contributed by atoms with Crippen LogP contribution in [0.2, 0.25) is 0 Å². The molecule has 2 nitrogen and oxygen atoms in total. The molecule has 102 valence electrons. The minimum atomic E-state index is -4.31. The van der Waals surface area contributed by atoms with Gasteiger partial charge in [0.2, 0.25) is 0 Å². The van der Waals surface area contributed by atoms with E-state index in [0.717, 1.165) is 5.52 Å². The number of para-hydroxylation sites is 2. The van der Waals surface area contributed by atoms with Crippen LogP contribution in [0.15, 0.2) is 48.2 Å². The van der Waals surface area contributed by atoms with Gasteiger partial charge in [-0.1, -0.05) is 18.2 Å². The first kappa shape index (κ1) is 12.8. The van der Waals surface area contributed by atoms with Gasteiger partial charge in [0.25, 0.3) is 0 Å². The predicted molar refractivity (Wildman–Crippen MR) is 70.9 cm³/mol. The van der Waals surface area contributed by atoms with Gasteiger partial charge in [-0.05, 0) is 36.6 Å². The quantitative estimate of drug-likeness (QED) is 0.776. The van der Waals surface area contributed by atoms with Crippen molar-refractivity contribution in [2.24, 2.45) is 0 Å². The second kappa shape index (κ2) is 4.74. The van der Waals surface area contributed by atoms with Crippen LogP contribution in [0.4, 0.5) is 13.2 Å². The van der Waals surface area contributed by atoms with Gasteiger partial charge >= 0.3 is 6.18 Å². The number of allylic oxidation sites excluding steroid dienone is 4. The van der Waals surface area contributed by atoms with Crippen LogP contribution < -0.4 is 0 Å². The summed E-state index contributed by atoms with van der Waals surface area (Å²) in [4.78, 5) is 8.63. The van der Waals surface area contributed by atoms with Gasteiger partial charge in [0.1, 0.15) is 0 Å². The molecule has 0 bridgehead atoms. The van der Waals surface area contributed by atoms with Crippen LogP contribution in [0.1, 0.15) is 18.5 Å². The maximum Gasteiger partial charge on any atom is 0.416 e. The third kappa shape index (κ3) is 2.43. The molecule has 0 fully saturated rings. The number of alkyl halides is 3. The summed E-state index contributed by atoms with van der Waals surface area (Å²) in [5, 5.41) is 0. The van der Waals surface area contributed by atoms with Gasteiger partial charge < -0.3 is 0 Å². The molecule has 1 aromatic heterocycles. The Labute approximate surface area is 113 Å². The summed E-state index contributed by atoms with van der Waals surface area (Å²) in [5.74, 6) is 0. The Kier molecular flexibility index (Phi) is 3.04. The monoisotopic (exact) mass is 276 g/mol. The summed E-state index contributed by atoms with van der Waals surface area (Å²) in [5.41, 5.74) is 1.92. The Morgan fingerprint density at radius 2 is 1.80 bits per heavy atom. The van der Waals surface area contributed by atoms with Crippen LogP contribution in [-0.2, 0) is 0 Å². The van der Waals surface area contributed by atoms with Crippen molar-refractivity contribution in [3.8, 4) is 0 Å². The first-order valence-corrected chi connectivity index (χ1v) is 6.24. The van der Waals surface area contributed by atoms with Crippen molar-refractivity contribution in [3.63, 3.8) is 0 Å². The third-order valence-corrected chi connectivity index (χ3v) is 3.21. The molecule has 0 saturated carbocycles. The molecule has 0 N–H and O–H groups in total. The molecule has 0 saturated heterocycles. The number of benzene rings is 1. The van der Waals surface area contributed by atoms with E-state index in [4.69, 9.17) is 0 Å². The van der Waals surface area contributed by atoms with Crippen molar-refractivity contribution in [1.29, 1.82) is 0 Å². The molecule has 1 aliphatic carbocycles. The summed E-state index contributed by atoms with van der Waals surface area (Å²) in [6.45, 7) is 0. The lowest BCUT2D eigenvalue weighted by atomic mass is 9.97. The third-order valence-electron chi connectivity index (χ3n) is 3.21. The zero-order chi connectivity index (χ0) is 14.2. The maximum atomic E-state index is 12.7. The fourth-order valence-electron chi connectivity index (χ4n) is 2.21. The summed E-state index contributed by atoms with van der Waals surface area (Å²) in [6.07, 6.45) is 0.533. The maximum absolute atomic E-state index is 12.7. The first-order valence-electron chi connectivity index (χ1n) is 6.24. The highest BCUT2D eigenvalue weighted by molar-refractivity contribution is 5.77. The smallest absolute Gasteiger partial charge is 0.252 e. The van der Waals surface area contributed by atoms with Gasteiger partial charge in [0.15, 0.2) is 0 Å². The topological polar surface area (TPSA) is 25.8 Å². The van der Waals surface area contributed by atoms with Gasteiger partial charge in [-0.15, -0.1) is 0 Å². The molecule has 2 aromatic rings. The lowest BCUT2D eigenvalue weighted by Gasteiger charge is -2.15. The number of fused-ring (bicyclic) bond motifs is 1. The molecule has 0 spiro atoms. The molecular formula is C15H11F3N2. The van der Waals surface area contributed by atoms with E-state index in [1.165, 1.54) is 18.3 Å². The van der Waals surface area contributed by atoms with E-state index in [1.807, 2.05) is 18.2 Å². The molecule has 0 unspecified atom stereocenters. The number of halogens is 3. The molecule has 3 rings (SSSR count). The number of hydrogen-bond donors (Lipinski definition) is 0. The summed E-state index contributed by atoms with van der Waals surface area (Å²) >= 11 is 0. The highest BCUT2D eigenvalue weighted by atomic mass is 19.4. The average Bonchev–Trinajstić information content (AvgIpc) is 2.46. The van der Waals surface area contributed by atoms with E-state index in [0.29, 0.717) is 29.6 Å². The van der Waals surface area contributed by atoms with Crippen molar-refractivity contribution in [2.75, 3.05) is 0 Å². The Balaban J connectivity index is 2.03. The zero-order valence-electron chi connectivity index (χ0n) is 10.5. The average molecular weight is 276 g/mol. The Morgan fingerprint density at radius 3 is 2.55 bits per heavy atom. The number of hydrogen-bond acceptors (Lipinski definition) is 2. The van der Waals surface area contributed by atoms with E-state index in [9.17, 15) is 13.2 Å². The van der Waals surface area contributed by atoms with Crippen molar-refractivity contribution < 1.29 is 13.2 Å². The van der Waals surface area contributed by atoms with Crippen LogP contribution in [0.5, 0.6) is 0 Å². The van der Waals surface area contributed by atoms with Gasteiger partial charge in [-0.25, -0.2) is 4.98 Å². The second-order valence-corrected chi connectivity index (χ2v) is 4.61. The van der Waals surface area contributed by atoms with Crippen LogP contribution >= 0.6 is 0 Å². The van der Waals surface area contributed by atoms with Crippen molar-refractivity contribution in [2.45, 2.75) is 19.0 Å². The Morgan fingerprint density at radius 1 is 1.05 bits per heavy atom. The number of nitrogens with zero attached hydrogens (tertiary/aromatic N) is 2. The minimum Gasteiger partial charge on any atom is -0.252 e. The lowest BCUT2D eigenvalue weighted by Crippen LogP contribution is -2.12. The van der Waals surface area contributed by atoms with Crippen LogP contribution in [0, 0.1) is 0 Å². The van der Waals surface area contributed by atoms with E-state index >= 15 is 0 Å². The molecule has 0 amide bonds. The van der Waals surface area contributed by atoms with Crippen molar-refractivity contribution >= 4 is 16.6 Å². The molecule has 1 heterocycles. The lowest BCUT2D eigenvalue weighted by molar-refractivity contribution is -0.0885. The van der Waals surface area contributed by atoms with Gasteiger partial charge in [0, 0.05) is 0 Å². The van der Waals surface area contributed by atoms with Gasteiger partial charge in [0.05, 0.1) is 28.5 Å². The van der Waals surface area contributed by atoms with E-state index in [2.05, 4.69) is 9.97 Å². The Hall–Kier alpha value is -2.17. The zero-order valence-corrected chi connectivity index (χ0v) is 10.5. The molecule has 20 heavy (non-hydrogen) atoms. The van der Waals surface area contributed by atoms with Crippen LogP contribution in [-0.4, -0.2) is 16.1 Å². The fourth-order valence-corrected chi connectivity index (χ4v) is 2.21. The first-order chi connectivity index (χ1) is 9.54. The van der Waals surface area contributed by atoms with Crippen LogP contribution in [0.3, 0.4) is 0 Å². The fraction of sp³-hybridized carbons (Fsp3) is 0.200. The molecule has 0 aliphatic heterocycles. The van der Waals surface area contributed by atoms with Crippen molar-refractivity contribution in [1.82, 2.24) is 9.97 Å². The molecule has 0 atom stereocenters. The van der Waals surface area contributed by atoms with Gasteiger partial charge in [-0.3, -0.25) is 4.98 Å². The summed E-state index contributed by atoms with van der Waals surface area (Å²) in [7, 11) is 0. The highest BCUT2D eigenvalue weighted by Crippen LogP contribution is 2.34.